The third-order valence-corrected chi connectivity index (χ3v) is 3.67. The van der Waals surface area contributed by atoms with Crippen molar-refractivity contribution >= 4 is 22.5 Å². The number of nitrogens with two attached hydrogens (primary N) is 1. The van der Waals surface area contributed by atoms with Gasteiger partial charge in [0.2, 0.25) is 5.91 Å². The average molecular weight is 302 g/mol. The number of anilines is 1. The number of carbonyl (C=O) groups excluding carboxylic acids is 1. The van der Waals surface area contributed by atoms with Crippen LogP contribution in [0.4, 0.5) is 5.69 Å². The maximum absolute atomic E-state index is 11.9. The first-order valence-corrected chi connectivity index (χ1v) is 7.75. The Morgan fingerprint density at radius 2 is 2.14 bits per heavy atom. The topological polar surface area (TPSA) is 63.3 Å². The van der Waals surface area contributed by atoms with Crippen LogP contribution < -0.4 is 11.1 Å². The number of rotatable bonds is 7. The number of hydrogen-bond donors (Lipinski definition) is 2. The largest absolute Gasteiger partial charge is 0.346 e. The monoisotopic (exact) mass is 302 g/mol. The number of likely N-dealkylation sites (N-methyl/N-ethyl adjacent to an activating group) is 1. The third-order valence-electron chi connectivity index (χ3n) is 3.67. The Morgan fingerprint density at radius 3 is 2.82 bits per heavy atom. The molecule has 1 atom stereocenters. The van der Waals surface area contributed by atoms with E-state index in [0.29, 0.717) is 12.8 Å². The van der Waals surface area contributed by atoms with Crippen molar-refractivity contribution in [3.8, 4) is 0 Å². The van der Waals surface area contributed by atoms with Gasteiger partial charge in [-0.05, 0) is 51.0 Å². The van der Waals surface area contributed by atoms with Gasteiger partial charge in [-0.3, -0.25) is 4.79 Å². The zero-order valence-electron chi connectivity index (χ0n) is 13.7. The smallest absolute Gasteiger partial charge is 0.224 e. The Bertz CT molecular complexity index is 631. The van der Waals surface area contributed by atoms with Gasteiger partial charge in [-0.15, -0.1) is 0 Å². The molecule has 120 valence electrons. The molecule has 0 saturated carbocycles. The Balaban J connectivity index is 2.08. The minimum absolute atomic E-state index is 0.0167. The van der Waals surface area contributed by atoms with Gasteiger partial charge in [-0.25, -0.2) is 0 Å². The average Bonchev–Trinajstić information content (AvgIpc) is 2.85. The van der Waals surface area contributed by atoms with E-state index in [0.717, 1.165) is 24.3 Å². The maximum Gasteiger partial charge on any atom is 0.224 e. The van der Waals surface area contributed by atoms with Crippen LogP contribution in [0, 0.1) is 0 Å². The predicted octanol–water partition coefficient (Wildman–Crippen LogP) is 2.27. The van der Waals surface area contributed by atoms with Gasteiger partial charge in [0.1, 0.15) is 0 Å². The molecule has 5 heteroatoms. The molecule has 1 amide bonds. The second-order valence-electron chi connectivity index (χ2n) is 6.15. The lowest BCUT2D eigenvalue weighted by molar-refractivity contribution is -0.116. The molecule has 2 aromatic rings. The van der Waals surface area contributed by atoms with Crippen LogP contribution in [0.3, 0.4) is 0 Å². The minimum Gasteiger partial charge on any atom is -0.346 e. The van der Waals surface area contributed by atoms with Crippen molar-refractivity contribution in [3.05, 3.63) is 30.5 Å². The molecule has 0 aliphatic carbocycles. The summed E-state index contributed by atoms with van der Waals surface area (Å²) in [5.41, 5.74) is 7.67. The highest BCUT2D eigenvalue weighted by molar-refractivity contribution is 5.93. The highest BCUT2D eigenvalue weighted by Gasteiger charge is 2.07. The van der Waals surface area contributed by atoms with E-state index < -0.39 is 0 Å². The number of nitrogens with one attached hydrogen (secondary N) is 1. The SMILES string of the molecule is CC(N)CCC(=O)Nc1ccc2ccn(CCN(C)C)c2c1. The van der Waals surface area contributed by atoms with E-state index in [9.17, 15) is 4.79 Å². The quantitative estimate of drug-likeness (QED) is 0.824. The van der Waals surface area contributed by atoms with Crippen LogP contribution in [0.2, 0.25) is 0 Å². The molecule has 1 unspecified atom stereocenters. The summed E-state index contributed by atoms with van der Waals surface area (Å²) in [4.78, 5) is 14.1. The molecule has 0 bridgehead atoms. The van der Waals surface area contributed by atoms with E-state index in [1.165, 1.54) is 5.39 Å². The molecule has 3 N–H and O–H groups in total. The third kappa shape index (κ3) is 4.58. The van der Waals surface area contributed by atoms with Crippen LogP contribution in [0.1, 0.15) is 19.8 Å². The van der Waals surface area contributed by atoms with Crippen LogP contribution in [0.25, 0.3) is 10.9 Å². The zero-order chi connectivity index (χ0) is 16.1. The lowest BCUT2D eigenvalue weighted by Gasteiger charge is -2.12. The van der Waals surface area contributed by atoms with Crippen molar-refractivity contribution in [3.63, 3.8) is 0 Å². The van der Waals surface area contributed by atoms with Crippen molar-refractivity contribution in [2.45, 2.75) is 32.4 Å². The zero-order valence-corrected chi connectivity index (χ0v) is 13.7. The summed E-state index contributed by atoms with van der Waals surface area (Å²) in [6.07, 6.45) is 3.25. The number of carbonyl (C=O) groups is 1. The van der Waals surface area contributed by atoms with E-state index in [2.05, 4.69) is 41.1 Å². The molecule has 0 spiro atoms. The first kappa shape index (κ1) is 16.5. The summed E-state index contributed by atoms with van der Waals surface area (Å²) in [6, 6.07) is 8.18. The second kappa shape index (κ2) is 7.42. The van der Waals surface area contributed by atoms with Crippen molar-refractivity contribution in [1.29, 1.82) is 0 Å². The van der Waals surface area contributed by atoms with Crippen molar-refractivity contribution in [2.75, 3.05) is 26.0 Å². The fourth-order valence-electron chi connectivity index (χ4n) is 2.35. The van der Waals surface area contributed by atoms with Crippen LogP contribution in [-0.2, 0) is 11.3 Å². The summed E-state index contributed by atoms with van der Waals surface area (Å²) in [7, 11) is 4.13. The normalized spacial score (nSPS) is 12.8. The summed E-state index contributed by atoms with van der Waals surface area (Å²) in [6.45, 7) is 3.82. The molecule has 0 fully saturated rings. The number of nitrogens with zero attached hydrogens (tertiary/aromatic N) is 2. The fourth-order valence-corrected chi connectivity index (χ4v) is 2.35. The van der Waals surface area contributed by atoms with E-state index >= 15 is 0 Å². The Morgan fingerprint density at radius 1 is 1.36 bits per heavy atom. The molecule has 1 aromatic heterocycles. The first-order chi connectivity index (χ1) is 10.5. The van der Waals surface area contributed by atoms with Crippen LogP contribution in [0.5, 0.6) is 0 Å². The van der Waals surface area contributed by atoms with Gasteiger partial charge in [0.05, 0.1) is 5.52 Å². The van der Waals surface area contributed by atoms with Crippen LogP contribution >= 0.6 is 0 Å². The molecule has 0 saturated heterocycles. The summed E-state index contributed by atoms with van der Waals surface area (Å²) < 4.78 is 2.22. The lowest BCUT2D eigenvalue weighted by atomic mass is 10.2. The van der Waals surface area contributed by atoms with Gasteiger partial charge in [0, 0.05) is 37.4 Å². The highest BCUT2D eigenvalue weighted by atomic mass is 16.1. The molecular formula is C17H26N4O. The van der Waals surface area contributed by atoms with Gasteiger partial charge in [-0.2, -0.15) is 0 Å². The number of hydrogen-bond acceptors (Lipinski definition) is 3. The number of fused-ring (bicyclic) bond motifs is 1. The lowest BCUT2D eigenvalue weighted by Crippen LogP contribution is -2.19. The summed E-state index contributed by atoms with van der Waals surface area (Å²) >= 11 is 0. The summed E-state index contributed by atoms with van der Waals surface area (Å²) in [5.74, 6) is 0.0167. The van der Waals surface area contributed by atoms with E-state index in [1.807, 2.05) is 25.1 Å². The van der Waals surface area contributed by atoms with Crippen molar-refractivity contribution in [1.82, 2.24) is 9.47 Å². The van der Waals surface area contributed by atoms with Gasteiger partial charge < -0.3 is 20.5 Å². The number of amides is 1. The molecule has 0 aliphatic rings. The molecule has 2 rings (SSSR count). The molecular weight excluding hydrogens is 276 g/mol. The maximum atomic E-state index is 11.9. The Labute approximate surface area is 132 Å². The molecule has 0 radical (unpaired) electrons. The van der Waals surface area contributed by atoms with Crippen molar-refractivity contribution in [2.24, 2.45) is 5.73 Å². The van der Waals surface area contributed by atoms with Crippen LogP contribution in [-0.4, -0.2) is 42.1 Å². The van der Waals surface area contributed by atoms with Gasteiger partial charge in [0.25, 0.3) is 0 Å². The van der Waals surface area contributed by atoms with Crippen molar-refractivity contribution < 1.29 is 4.79 Å². The van der Waals surface area contributed by atoms with Gasteiger partial charge in [0.15, 0.2) is 0 Å². The fraction of sp³-hybridized carbons (Fsp3) is 0.471. The van der Waals surface area contributed by atoms with E-state index in [4.69, 9.17) is 5.73 Å². The highest BCUT2D eigenvalue weighted by Crippen LogP contribution is 2.21. The summed E-state index contributed by atoms with van der Waals surface area (Å²) in [5, 5.41) is 4.14. The number of benzene rings is 1. The minimum atomic E-state index is 0.0167. The molecule has 5 nitrogen and oxygen atoms in total. The van der Waals surface area contributed by atoms with Gasteiger partial charge >= 0.3 is 0 Å². The number of aromatic nitrogens is 1. The predicted molar refractivity (Wildman–Crippen MR) is 92.0 cm³/mol. The van der Waals surface area contributed by atoms with Crippen LogP contribution in [0.15, 0.2) is 30.5 Å². The Hall–Kier alpha value is -1.85. The van der Waals surface area contributed by atoms with Gasteiger partial charge in [-0.1, -0.05) is 6.07 Å². The standard InChI is InChI=1S/C17H26N4O/c1-13(18)4-7-17(22)19-15-6-5-14-8-9-21(16(14)12-15)11-10-20(2)3/h5-6,8-9,12-13H,4,7,10-11,18H2,1-3H3,(H,19,22). The molecule has 1 aromatic carbocycles. The van der Waals surface area contributed by atoms with E-state index in [-0.39, 0.29) is 11.9 Å². The molecule has 22 heavy (non-hydrogen) atoms. The first-order valence-electron chi connectivity index (χ1n) is 7.75. The van der Waals surface area contributed by atoms with E-state index in [1.54, 1.807) is 0 Å². The second-order valence-corrected chi connectivity index (χ2v) is 6.15. The molecule has 0 aliphatic heterocycles. The Kier molecular flexibility index (Phi) is 5.57. The molecule has 1 heterocycles.